The van der Waals surface area contributed by atoms with Crippen LogP contribution in [0.3, 0.4) is 0 Å². The molecule has 0 saturated heterocycles. The van der Waals surface area contributed by atoms with Crippen molar-refractivity contribution in [1.29, 1.82) is 0 Å². The molecule has 0 unspecified atom stereocenters. The Morgan fingerprint density at radius 3 is 2.81 bits per heavy atom. The van der Waals surface area contributed by atoms with E-state index in [4.69, 9.17) is 4.74 Å². The van der Waals surface area contributed by atoms with Gasteiger partial charge in [-0.2, -0.15) is 0 Å². The first-order valence-corrected chi connectivity index (χ1v) is 6.49. The average molecular weight is 290 g/mol. The smallest absolute Gasteiger partial charge is 0.295 e. The Labute approximate surface area is 121 Å². The zero-order chi connectivity index (χ0) is 15.2. The minimum atomic E-state index is -0.634. The van der Waals surface area contributed by atoms with Gasteiger partial charge in [-0.25, -0.2) is 4.39 Å². The van der Waals surface area contributed by atoms with Crippen molar-refractivity contribution in [2.45, 2.75) is 13.5 Å². The van der Waals surface area contributed by atoms with Gasteiger partial charge in [0.25, 0.3) is 5.69 Å². The highest BCUT2D eigenvalue weighted by Crippen LogP contribution is 2.25. The van der Waals surface area contributed by atoms with E-state index in [1.165, 1.54) is 12.1 Å². The summed E-state index contributed by atoms with van der Waals surface area (Å²) in [6.07, 6.45) is 0. The maximum Gasteiger partial charge on any atom is 0.295 e. The monoisotopic (exact) mass is 290 g/mol. The third-order valence-corrected chi connectivity index (χ3v) is 2.85. The number of nitrogens with one attached hydrogen (secondary N) is 1. The van der Waals surface area contributed by atoms with Gasteiger partial charge in [-0.15, -0.1) is 0 Å². The maximum absolute atomic E-state index is 13.1. The lowest BCUT2D eigenvalue weighted by Crippen LogP contribution is -2.03. The second kappa shape index (κ2) is 6.69. The molecular weight excluding hydrogens is 275 g/mol. The first kappa shape index (κ1) is 14.8. The van der Waals surface area contributed by atoms with Crippen LogP contribution in [0.15, 0.2) is 42.5 Å². The van der Waals surface area contributed by atoms with E-state index in [9.17, 15) is 14.5 Å². The van der Waals surface area contributed by atoms with Gasteiger partial charge < -0.3 is 10.1 Å². The van der Waals surface area contributed by atoms with Crippen LogP contribution in [0.5, 0.6) is 5.75 Å². The lowest BCUT2D eigenvalue weighted by molar-refractivity contribution is -0.384. The van der Waals surface area contributed by atoms with Crippen LogP contribution in [0.1, 0.15) is 12.5 Å². The summed E-state index contributed by atoms with van der Waals surface area (Å²) in [4.78, 5) is 10.3. The number of nitro benzene ring substituents is 1. The van der Waals surface area contributed by atoms with E-state index in [0.29, 0.717) is 13.2 Å². The Kier molecular flexibility index (Phi) is 4.71. The first-order chi connectivity index (χ1) is 10.1. The fourth-order valence-corrected chi connectivity index (χ4v) is 1.91. The van der Waals surface area contributed by atoms with Gasteiger partial charge >= 0.3 is 0 Å². The summed E-state index contributed by atoms with van der Waals surface area (Å²) in [6, 6.07) is 10.9. The summed E-state index contributed by atoms with van der Waals surface area (Å²) in [7, 11) is 0. The van der Waals surface area contributed by atoms with Crippen LogP contribution in [0.25, 0.3) is 0 Å². The molecule has 0 aliphatic heterocycles. The van der Waals surface area contributed by atoms with Crippen LogP contribution in [0.4, 0.5) is 15.8 Å². The summed E-state index contributed by atoms with van der Waals surface area (Å²) >= 11 is 0. The summed E-state index contributed by atoms with van der Waals surface area (Å²) in [6.45, 7) is 2.85. The lowest BCUT2D eigenvalue weighted by Gasteiger charge is -2.09. The molecule has 0 bridgehead atoms. The second-order valence-corrected chi connectivity index (χ2v) is 4.35. The van der Waals surface area contributed by atoms with Crippen molar-refractivity contribution >= 4 is 11.4 Å². The van der Waals surface area contributed by atoms with Gasteiger partial charge in [0.05, 0.1) is 17.6 Å². The molecule has 0 fully saturated rings. The van der Waals surface area contributed by atoms with E-state index in [1.54, 1.807) is 0 Å². The molecule has 0 atom stereocenters. The van der Waals surface area contributed by atoms with Gasteiger partial charge in [0.2, 0.25) is 0 Å². The summed E-state index contributed by atoms with van der Waals surface area (Å²) in [5, 5.41) is 13.8. The zero-order valence-electron chi connectivity index (χ0n) is 11.5. The van der Waals surface area contributed by atoms with Crippen molar-refractivity contribution in [2.24, 2.45) is 0 Å². The standard InChI is InChI=1S/C15H15FN2O3/c1-2-21-13-5-3-4-11(8-13)10-17-14-7-6-12(16)9-15(14)18(19)20/h3-9,17H,2,10H2,1H3. The normalized spacial score (nSPS) is 10.2. The van der Waals surface area contributed by atoms with Crippen LogP contribution in [0.2, 0.25) is 0 Å². The van der Waals surface area contributed by atoms with Gasteiger partial charge in [0, 0.05) is 6.54 Å². The molecule has 0 aliphatic rings. The Bertz CT molecular complexity index is 647. The van der Waals surface area contributed by atoms with Crippen LogP contribution >= 0.6 is 0 Å². The van der Waals surface area contributed by atoms with Crippen molar-refractivity contribution in [1.82, 2.24) is 0 Å². The van der Waals surface area contributed by atoms with E-state index in [-0.39, 0.29) is 11.4 Å². The zero-order valence-corrected chi connectivity index (χ0v) is 11.5. The van der Waals surface area contributed by atoms with E-state index < -0.39 is 10.7 Å². The molecule has 0 heterocycles. The fourth-order valence-electron chi connectivity index (χ4n) is 1.91. The molecular formula is C15H15FN2O3. The highest BCUT2D eigenvalue weighted by molar-refractivity contribution is 5.61. The quantitative estimate of drug-likeness (QED) is 0.650. The van der Waals surface area contributed by atoms with Crippen molar-refractivity contribution < 1.29 is 14.1 Å². The Hall–Kier alpha value is -2.63. The first-order valence-electron chi connectivity index (χ1n) is 6.49. The molecule has 110 valence electrons. The number of halogens is 1. The minimum absolute atomic E-state index is 0.281. The van der Waals surface area contributed by atoms with Crippen molar-refractivity contribution in [3.63, 3.8) is 0 Å². The van der Waals surface area contributed by atoms with Crippen molar-refractivity contribution in [3.8, 4) is 5.75 Å². The highest BCUT2D eigenvalue weighted by Gasteiger charge is 2.14. The maximum atomic E-state index is 13.1. The third kappa shape index (κ3) is 3.92. The number of nitro groups is 1. The van der Waals surface area contributed by atoms with Crippen LogP contribution in [-0.4, -0.2) is 11.5 Å². The lowest BCUT2D eigenvalue weighted by atomic mass is 10.2. The van der Waals surface area contributed by atoms with Crippen LogP contribution < -0.4 is 10.1 Å². The van der Waals surface area contributed by atoms with Gasteiger partial charge in [0.15, 0.2) is 0 Å². The van der Waals surface area contributed by atoms with Crippen molar-refractivity contribution in [3.05, 3.63) is 64.0 Å². The number of rotatable bonds is 6. The molecule has 6 heteroatoms. The Balaban J connectivity index is 2.13. The summed E-state index contributed by atoms with van der Waals surface area (Å²) in [5.74, 6) is 0.107. The number of ether oxygens (including phenoxy) is 1. The molecule has 0 aliphatic carbocycles. The van der Waals surface area contributed by atoms with Gasteiger partial charge in [-0.05, 0) is 36.8 Å². The summed E-state index contributed by atoms with van der Waals surface area (Å²) < 4.78 is 18.5. The van der Waals surface area contributed by atoms with Gasteiger partial charge in [-0.3, -0.25) is 10.1 Å². The van der Waals surface area contributed by atoms with E-state index in [2.05, 4.69) is 5.32 Å². The molecule has 2 rings (SSSR count). The van der Waals surface area contributed by atoms with Crippen LogP contribution in [0, 0.1) is 15.9 Å². The SMILES string of the molecule is CCOc1cccc(CNc2ccc(F)cc2[N+](=O)[O-])c1. The number of benzene rings is 2. The average Bonchev–Trinajstić information content (AvgIpc) is 2.46. The van der Waals surface area contributed by atoms with Crippen LogP contribution in [-0.2, 0) is 6.54 Å². The number of hydrogen-bond donors (Lipinski definition) is 1. The predicted molar refractivity (Wildman–Crippen MR) is 78.0 cm³/mol. The number of nitrogens with zero attached hydrogens (tertiary/aromatic N) is 1. The molecule has 0 radical (unpaired) electrons. The van der Waals surface area contributed by atoms with Gasteiger partial charge in [0.1, 0.15) is 17.3 Å². The molecule has 0 spiro atoms. The fraction of sp³-hybridized carbons (Fsp3) is 0.200. The molecule has 21 heavy (non-hydrogen) atoms. The highest BCUT2D eigenvalue weighted by atomic mass is 19.1. The van der Waals surface area contributed by atoms with E-state index in [0.717, 1.165) is 17.4 Å². The molecule has 2 aromatic rings. The second-order valence-electron chi connectivity index (χ2n) is 4.35. The topological polar surface area (TPSA) is 64.4 Å². The molecule has 0 aromatic heterocycles. The Morgan fingerprint density at radius 2 is 2.10 bits per heavy atom. The van der Waals surface area contributed by atoms with Crippen molar-refractivity contribution in [2.75, 3.05) is 11.9 Å². The Morgan fingerprint density at radius 1 is 1.29 bits per heavy atom. The number of anilines is 1. The molecule has 0 amide bonds. The third-order valence-electron chi connectivity index (χ3n) is 2.85. The molecule has 5 nitrogen and oxygen atoms in total. The molecule has 2 aromatic carbocycles. The van der Waals surface area contributed by atoms with E-state index >= 15 is 0 Å². The van der Waals surface area contributed by atoms with E-state index in [1.807, 2.05) is 31.2 Å². The number of hydrogen-bond acceptors (Lipinski definition) is 4. The molecule has 1 N–H and O–H groups in total. The summed E-state index contributed by atoms with van der Waals surface area (Å²) in [5.41, 5.74) is 0.916. The minimum Gasteiger partial charge on any atom is -0.494 e. The largest absolute Gasteiger partial charge is 0.494 e. The predicted octanol–water partition coefficient (Wildman–Crippen LogP) is 3.74. The molecule has 0 saturated carbocycles. The van der Waals surface area contributed by atoms with Gasteiger partial charge in [-0.1, -0.05) is 12.1 Å².